The average molecular weight is 215 g/mol. The van der Waals surface area contributed by atoms with E-state index in [1.807, 2.05) is 0 Å². The first-order valence-corrected chi connectivity index (χ1v) is 4.30. The van der Waals surface area contributed by atoms with Crippen molar-refractivity contribution in [2.24, 2.45) is 12.2 Å². The van der Waals surface area contributed by atoms with E-state index in [0.717, 1.165) is 0 Å². The molecule has 0 saturated carbocycles. The second-order valence-corrected chi connectivity index (χ2v) is 3.86. The molecular formula is C8H13N3O4. The zero-order valence-electron chi connectivity index (χ0n) is 9.05. The molecule has 0 spiro atoms. The lowest BCUT2D eigenvalue weighted by Gasteiger charge is -2.16. The van der Waals surface area contributed by atoms with E-state index < -0.39 is 11.8 Å². The van der Waals surface area contributed by atoms with Gasteiger partial charge in [-0.25, -0.2) is 9.48 Å². The molecule has 7 nitrogen and oxygen atoms in total. The SMILES string of the molecule is C[n+]1c/c(=N/OC(=O)OC(C)(C)C)o[n-]1. The Bertz CT molecular complexity index is 399. The van der Waals surface area contributed by atoms with Crippen LogP contribution in [0.25, 0.3) is 0 Å². The number of aromatic nitrogens is 2. The lowest BCUT2D eigenvalue weighted by Crippen LogP contribution is -2.31. The van der Waals surface area contributed by atoms with Gasteiger partial charge < -0.3 is 9.26 Å². The highest BCUT2D eigenvalue weighted by Gasteiger charge is 2.17. The van der Waals surface area contributed by atoms with Gasteiger partial charge in [-0.05, 0) is 25.9 Å². The molecule has 15 heavy (non-hydrogen) atoms. The Morgan fingerprint density at radius 2 is 2.27 bits per heavy atom. The Morgan fingerprint density at radius 1 is 1.60 bits per heavy atom. The number of carbonyl (C=O) groups excluding carboxylic acids is 1. The number of aryl methyl sites for hydroxylation is 1. The van der Waals surface area contributed by atoms with Crippen LogP contribution in [0.1, 0.15) is 20.8 Å². The largest absolute Gasteiger partial charge is 0.535 e. The summed E-state index contributed by atoms with van der Waals surface area (Å²) in [5.41, 5.74) is -0.526. The van der Waals surface area contributed by atoms with Crippen LogP contribution in [-0.4, -0.2) is 11.8 Å². The average Bonchev–Trinajstić information content (AvgIpc) is 2.45. The van der Waals surface area contributed by atoms with E-state index in [4.69, 9.17) is 4.74 Å². The van der Waals surface area contributed by atoms with Gasteiger partial charge in [-0.2, -0.15) is 0 Å². The van der Waals surface area contributed by atoms with Gasteiger partial charge in [-0.15, -0.1) is 0 Å². The molecular weight excluding hydrogens is 202 g/mol. The van der Waals surface area contributed by atoms with Crippen LogP contribution >= 0.6 is 0 Å². The third kappa shape index (κ3) is 4.30. The highest BCUT2D eigenvalue weighted by atomic mass is 16.8. The maximum atomic E-state index is 11.0. The Balaban J connectivity index is 2.54. The van der Waals surface area contributed by atoms with Crippen LogP contribution < -0.4 is 15.5 Å². The molecule has 0 saturated heterocycles. The summed E-state index contributed by atoms with van der Waals surface area (Å²) < 4.78 is 10.9. The van der Waals surface area contributed by atoms with Crippen molar-refractivity contribution in [1.29, 1.82) is 0 Å². The van der Waals surface area contributed by atoms with Gasteiger partial charge in [0, 0.05) is 0 Å². The maximum Gasteiger partial charge on any atom is 0.535 e. The van der Waals surface area contributed by atoms with Crippen molar-refractivity contribution < 1.29 is 23.6 Å². The zero-order chi connectivity index (χ0) is 11.5. The number of ether oxygens (including phenoxy) is 1. The summed E-state index contributed by atoms with van der Waals surface area (Å²) in [6.07, 6.45) is 0.561. The molecule has 0 aliphatic rings. The fourth-order valence-corrected chi connectivity index (χ4v) is 0.704. The molecule has 1 heterocycles. The summed E-state index contributed by atoms with van der Waals surface area (Å²) in [5, 5.41) is 6.87. The molecule has 0 aliphatic heterocycles. The molecule has 1 aromatic heterocycles. The molecule has 0 bridgehead atoms. The quantitative estimate of drug-likeness (QED) is 0.281. The first-order chi connectivity index (χ1) is 6.87. The number of hydrogen-bond acceptors (Lipinski definition) is 5. The summed E-state index contributed by atoms with van der Waals surface area (Å²) in [5.74, 6) is 0. The molecule has 0 fully saturated rings. The molecule has 0 atom stereocenters. The number of rotatable bonds is 1. The van der Waals surface area contributed by atoms with Crippen molar-refractivity contribution in [2.75, 3.05) is 0 Å². The van der Waals surface area contributed by atoms with E-state index in [-0.39, 0.29) is 5.55 Å². The lowest BCUT2D eigenvalue weighted by molar-refractivity contribution is -0.745. The monoisotopic (exact) mass is 215 g/mol. The van der Waals surface area contributed by atoms with Gasteiger partial charge in [-0.3, -0.25) is 10.1 Å². The second-order valence-electron chi connectivity index (χ2n) is 3.86. The lowest BCUT2D eigenvalue weighted by atomic mass is 10.2. The minimum absolute atomic E-state index is 0.0864. The Morgan fingerprint density at radius 3 is 2.73 bits per heavy atom. The summed E-state index contributed by atoms with van der Waals surface area (Å²) in [4.78, 5) is 15.5. The Labute approximate surface area is 86.2 Å². The predicted molar refractivity (Wildman–Crippen MR) is 46.1 cm³/mol. The molecule has 0 aliphatic carbocycles. The molecule has 0 amide bonds. The van der Waals surface area contributed by atoms with Crippen molar-refractivity contribution in [1.82, 2.24) is 5.27 Å². The normalized spacial score (nSPS) is 12.7. The van der Waals surface area contributed by atoms with Crippen LogP contribution in [0.5, 0.6) is 0 Å². The van der Waals surface area contributed by atoms with Crippen LogP contribution in [0.2, 0.25) is 0 Å². The Kier molecular flexibility index (Phi) is 3.13. The van der Waals surface area contributed by atoms with Crippen molar-refractivity contribution >= 4 is 6.16 Å². The van der Waals surface area contributed by atoms with Crippen LogP contribution in [0, 0.1) is 0 Å². The summed E-state index contributed by atoms with van der Waals surface area (Å²) in [6.45, 7) is 5.17. The van der Waals surface area contributed by atoms with E-state index in [2.05, 4.69) is 19.8 Å². The van der Waals surface area contributed by atoms with E-state index in [9.17, 15) is 4.79 Å². The highest BCUT2D eigenvalue weighted by molar-refractivity contribution is 5.60. The van der Waals surface area contributed by atoms with Gasteiger partial charge in [-0.1, -0.05) is 0 Å². The third-order valence-corrected chi connectivity index (χ3v) is 1.16. The molecule has 1 aromatic rings. The van der Waals surface area contributed by atoms with Gasteiger partial charge in [0.1, 0.15) is 12.6 Å². The number of hydrogen-bond donors (Lipinski definition) is 0. The van der Waals surface area contributed by atoms with Gasteiger partial charge in [0.2, 0.25) is 6.20 Å². The number of nitrogens with zero attached hydrogens (tertiary/aromatic N) is 3. The van der Waals surface area contributed by atoms with Crippen molar-refractivity contribution in [2.45, 2.75) is 26.4 Å². The molecule has 0 radical (unpaired) electrons. The van der Waals surface area contributed by atoms with E-state index >= 15 is 0 Å². The van der Waals surface area contributed by atoms with Gasteiger partial charge in [0.15, 0.2) is 0 Å². The van der Waals surface area contributed by atoms with E-state index in [1.54, 1.807) is 27.8 Å². The molecule has 84 valence electrons. The first-order valence-electron chi connectivity index (χ1n) is 4.30. The van der Waals surface area contributed by atoms with E-state index in [1.165, 1.54) is 10.9 Å². The Hall–Kier alpha value is -1.79. The zero-order valence-corrected chi connectivity index (χ0v) is 9.05. The van der Waals surface area contributed by atoms with Crippen molar-refractivity contribution in [3.63, 3.8) is 0 Å². The van der Waals surface area contributed by atoms with Gasteiger partial charge >= 0.3 is 11.7 Å². The fourth-order valence-electron chi connectivity index (χ4n) is 0.704. The molecule has 0 N–H and O–H groups in total. The minimum Gasteiger partial charge on any atom is -0.485 e. The molecule has 0 unspecified atom stereocenters. The smallest absolute Gasteiger partial charge is 0.485 e. The summed E-state index contributed by atoms with van der Waals surface area (Å²) in [6, 6.07) is 0. The second kappa shape index (κ2) is 4.16. The highest BCUT2D eigenvalue weighted by Crippen LogP contribution is 2.07. The van der Waals surface area contributed by atoms with Crippen molar-refractivity contribution in [3.05, 3.63) is 11.8 Å². The summed E-state index contributed by atoms with van der Waals surface area (Å²) in [7, 11) is 1.65. The number of carbonyl (C=O) groups is 1. The van der Waals surface area contributed by atoms with Crippen LogP contribution in [0.3, 0.4) is 0 Å². The standard InChI is InChI=1S/C8H13N3O4/c1-8(2,3)13-7(12)15-9-6-5-11(4)10-14-6/h5H,1-4H3/b9-6-. The maximum absolute atomic E-state index is 11.0. The topological polar surface area (TPSA) is 79.0 Å². The fraction of sp³-hybridized carbons (Fsp3) is 0.625. The molecule has 1 rings (SSSR count). The van der Waals surface area contributed by atoms with Gasteiger partial charge in [0.25, 0.3) is 0 Å². The van der Waals surface area contributed by atoms with E-state index in [0.29, 0.717) is 0 Å². The predicted octanol–water partition coefficient (Wildman–Crippen LogP) is -0.171. The van der Waals surface area contributed by atoms with Crippen molar-refractivity contribution in [3.8, 4) is 0 Å². The van der Waals surface area contributed by atoms with Gasteiger partial charge in [0.05, 0.1) is 0 Å². The summed E-state index contributed by atoms with van der Waals surface area (Å²) >= 11 is 0. The minimum atomic E-state index is -0.887. The molecule has 7 heteroatoms. The molecule has 0 aromatic carbocycles. The van der Waals surface area contributed by atoms with Crippen LogP contribution in [0.15, 0.2) is 15.9 Å². The van der Waals surface area contributed by atoms with Crippen LogP contribution in [0.4, 0.5) is 4.79 Å². The third-order valence-electron chi connectivity index (χ3n) is 1.16. The first kappa shape index (κ1) is 11.3. The van der Waals surface area contributed by atoms with Crippen LogP contribution in [-0.2, 0) is 16.6 Å².